The molecule has 1 aliphatic heterocycles. The number of aromatic nitrogens is 2. The number of ether oxygens (including phenoxy) is 2. The van der Waals surface area contributed by atoms with Crippen LogP contribution in [0.15, 0.2) is 35.1 Å². The molecule has 3 rings (SSSR count). The number of carbonyl (C=O) groups excluding carboxylic acids is 1. The third-order valence-electron chi connectivity index (χ3n) is 3.52. The van der Waals surface area contributed by atoms with Crippen LogP contribution in [0.1, 0.15) is 16.1 Å². The Kier molecular flexibility index (Phi) is 4.88. The van der Waals surface area contributed by atoms with Crippen LogP contribution < -0.4 is 4.74 Å². The number of rotatable bonds is 3. The number of halogens is 3. The number of pyridine rings is 1. The SMILES string of the molecule is O=C(c1ccno1)N1CCOC[C@H](Oc2ccc(C(F)(F)F)cn2)C1. The van der Waals surface area contributed by atoms with Crippen LogP contribution in [0.4, 0.5) is 13.2 Å². The van der Waals surface area contributed by atoms with E-state index >= 15 is 0 Å². The van der Waals surface area contributed by atoms with Crippen molar-refractivity contribution in [2.75, 3.05) is 26.3 Å². The molecular weight excluding hydrogens is 343 g/mol. The molecule has 10 heteroatoms. The number of nitrogens with zero attached hydrogens (tertiary/aromatic N) is 3. The van der Waals surface area contributed by atoms with Crippen molar-refractivity contribution in [2.45, 2.75) is 12.3 Å². The van der Waals surface area contributed by atoms with E-state index < -0.39 is 17.8 Å². The summed E-state index contributed by atoms with van der Waals surface area (Å²) in [6.07, 6.45) is -2.97. The Balaban J connectivity index is 1.66. The van der Waals surface area contributed by atoms with E-state index in [1.807, 2.05) is 0 Å². The molecule has 1 aliphatic rings. The largest absolute Gasteiger partial charge is 0.470 e. The van der Waals surface area contributed by atoms with Gasteiger partial charge in [0.15, 0.2) is 0 Å². The normalized spacial score (nSPS) is 18.7. The first kappa shape index (κ1) is 17.2. The molecule has 1 saturated heterocycles. The lowest BCUT2D eigenvalue weighted by Crippen LogP contribution is -2.40. The maximum absolute atomic E-state index is 12.5. The highest BCUT2D eigenvalue weighted by Crippen LogP contribution is 2.29. The van der Waals surface area contributed by atoms with E-state index in [2.05, 4.69) is 10.1 Å². The van der Waals surface area contributed by atoms with Crippen molar-refractivity contribution in [2.24, 2.45) is 0 Å². The first-order valence-electron chi connectivity index (χ1n) is 7.41. The minimum atomic E-state index is -4.46. The number of alkyl halides is 3. The van der Waals surface area contributed by atoms with Crippen molar-refractivity contribution in [1.29, 1.82) is 0 Å². The summed E-state index contributed by atoms with van der Waals surface area (Å²) < 4.78 is 53.4. The summed E-state index contributed by atoms with van der Waals surface area (Å²) >= 11 is 0. The van der Waals surface area contributed by atoms with Crippen molar-refractivity contribution in [1.82, 2.24) is 15.0 Å². The summed E-state index contributed by atoms with van der Waals surface area (Å²) in [6, 6.07) is 3.47. The molecule has 0 bridgehead atoms. The molecule has 0 N–H and O–H groups in total. The van der Waals surface area contributed by atoms with Gasteiger partial charge in [0.2, 0.25) is 11.6 Å². The van der Waals surface area contributed by atoms with Crippen LogP contribution in [0.2, 0.25) is 0 Å². The average Bonchev–Trinajstić information content (AvgIpc) is 3.01. The molecule has 2 aromatic heterocycles. The highest BCUT2D eigenvalue weighted by molar-refractivity contribution is 5.91. The van der Waals surface area contributed by atoms with Gasteiger partial charge in [-0.05, 0) is 6.07 Å². The predicted molar refractivity (Wildman–Crippen MR) is 76.9 cm³/mol. The summed E-state index contributed by atoms with van der Waals surface area (Å²) in [4.78, 5) is 17.4. The number of carbonyl (C=O) groups is 1. The molecule has 1 atom stereocenters. The van der Waals surface area contributed by atoms with Crippen LogP contribution in [0.5, 0.6) is 5.88 Å². The van der Waals surface area contributed by atoms with Gasteiger partial charge in [-0.2, -0.15) is 13.2 Å². The molecule has 0 spiro atoms. The standard InChI is InChI=1S/C15H14F3N3O4/c16-15(17,18)10-1-2-13(19-7-10)24-11-8-21(5-6-23-9-11)14(22)12-3-4-20-25-12/h1-4,7,11H,5-6,8-9H2/t11-/m1/s1. The first-order chi connectivity index (χ1) is 11.9. The Bertz CT molecular complexity index is 704. The molecule has 0 aliphatic carbocycles. The molecular formula is C15H14F3N3O4. The van der Waals surface area contributed by atoms with Crippen molar-refractivity contribution in [3.05, 3.63) is 41.9 Å². The highest BCUT2D eigenvalue weighted by Gasteiger charge is 2.31. The van der Waals surface area contributed by atoms with E-state index in [4.69, 9.17) is 14.0 Å². The Morgan fingerprint density at radius 1 is 1.32 bits per heavy atom. The number of hydrogen-bond donors (Lipinski definition) is 0. The molecule has 0 aromatic carbocycles. The van der Waals surface area contributed by atoms with E-state index in [1.54, 1.807) is 0 Å². The first-order valence-corrected chi connectivity index (χ1v) is 7.41. The van der Waals surface area contributed by atoms with Gasteiger partial charge in [-0.25, -0.2) is 4.98 Å². The fourth-order valence-corrected chi connectivity index (χ4v) is 2.31. The predicted octanol–water partition coefficient (Wildman–Crippen LogP) is 2.01. The molecule has 1 amide bonds. The third kappa shape index (κ3) is 4.27. The lowest BCUT2D eigenvalue weighted by atomic mass is 10.3. The fraction of sp³-hybridized carbons (Fsp3) is 0.400. The van der Waals surface area contributed by atoms with Gasteiger partial charge < -0.3 is 18.9 Å². The Hall–Kier alpha value is -2.62. The molecule has 2 aromatic rings. The van der Waals surface area contributed by atoms with E-state index in [1.165, 1.54) is 17.2 Å². The summed E-state index contributed by atoms with van der Waals surface area (Å²) in [5.41, 5.74) is -0.862. The van der Waals surface area contributed by atoms with Crippen LogP contribution in [-0.2, 0) is 10.9 Å². The van der Waals surface area contributed by atoms with Crippen LogP contribution in [0, 0.1) is 0 Å². The van der Waals surface area contributed by atoms with Gasteiger partial charge in [-0.1, -0.05) is 5.16 Å². The minimum Gasteiger partial charge on any atom is -0.470 e. The zero-order chi connectivity index (χ0) is 17.9. The average molecular weight is 357 g/mol. The zero-order valence-electron chi connectivity index (χ0n) is 12.9. The van der Waals surface area contributed by atoms with E-state index in [-0.39, 0.29) is 30.7 Å². The van der Waals surface area contributed by atoms with Gasteiger partial charge in [-0.3, -0.25) is 4.79 Å². The quantitative estimate of drug-likeness (QED) is 0.836. The molecule has 3 heterocycles. The smallest absolute Gasteiger partial charge is 0.417 e. The molecule has 0 saturated carbocycles. The van der Waals surface area contributed by atoms with Crippen LogP contribution in [0.3, 0.4) is 0 Å². The minimum absolute atomic E-state index is 0.0237. The monoisotopic (exact) mass is 357 g/mol. The van der Waals surface area contributed by atoms with Gasteiger partial charge in [0.1, 0.15) is 6.10 Å². The molecule has 134 valence electrons. The number of hydrogen-bond acceptors (Lipinski definition) is 6. The Morgan fingerprint density at radius 3 is 2.80 bits per heavy atom. The van der Waals surface area contributed by atoms with E-state index in [0.29, 0.717) is 19.3 Å². The molecule has 7 nitrogen and oxygen atoms in total. The highest BCUT2D eigenvalue weighted by atomic mass is 19.4. The molecule has 1 fully saturated rings. The van der Waals surface area contributed by atoms with Gasteiger partial charge in [0.25, 0.3) is 5.91 Å². The number of amides is 1. The molecule has 25 heavy (non-hydrogen) atoms. The van der Waals surface area contributed by atoms with Crippen LogP contribution >= 0.6 is 0 Å². The molecule has 0 radical (unpaired) electrons. The second-order valence-corrected chi connectivity index (χ2v) is 5.33. The van der Waals surface area contributed by atoms with Crippen molar-refractivity contribution < 1.29 is 32.0 Å². The Morgan fingerprint density at radius 2 is 2.16 bits per heavy atom. The summed E-state index contributed by atoms with van der Waals surface area (Å²) in [5.74, 6) is -0.249. The Labute approximate surface area is 140 Å². The topological polar surface area (TPSA) is 77.7 Å². The maximum Gasteiger partial charge on any atom is 0.417 e. The summed E-state index contributed by atoms with van der Waals surface area (Å²) in [5, 5.41) is 3.49. The van der Waals surface area contributed by atoms with Crippen LogP contribution in [-0.4, -0.2) is 53.4 Å². The van der Waals surface area contributed by atoms with Gasteiger partial charge in [0, 0.05) is 24.9 Å². The van der Waals surface area contributed by atoms with Crippen molar-refractivity contribution in [3.8, 4) is 5.88 Å². The second kappa shape index (κ2) is 7.09. The van der Waals surface area contributed by atoms with E-state index in [9.17, 15) is 18.0 Å². The summed E-state index contributed by atoms with van der Waals surface area (Å²) in [7, 11) is 0. The van der Waals surface area contributed by atoms with Crippen LogP contribution in [0.25, 0.3) is 0 Å². The third-order valence-corrected chi connectivity index (χ3v) is 3.52. The lowest BCUT2D eigenvalue weighted by Gasteiger charge is -2.23. The van der Waals surface area contributed by atoms with E-state index in [0.717, 1.165) is 12.1 Å². The van der Waals surface area contributed by atoms with Gasteiger partial charge in [0.05, 0.1) is 31.5 Å². The van der Waals surface area contributed by atoms with Gasteiger partial charge in [-0.15, -0.1) is 0 Å². The van der Waals surface area contributed by atoms with Crippen molar-refractivity contribution >= 4 is 5.91 Å². The molecule has 0 unspecified atom stereocenters. The zero-order valence-corrected chi connectivity index (χ0v) is 12.9. The fourth-order valence-electron chi connectivity index (χ4n) is 2.31. The summed E-state index contributed by atoms with van der Waals surface area (Å²) in [6.45, 7) is 1.01. The second-order valence-electron chi connectivity index (χ2n) is 5.33. The van der Waals surface area contributed by atoms with Gasteiger partial charge >= 0.3 is 6.18 Å². The lowest BCUT2D eigenvalue weighted by molar-refractivity contribution is -0.137. The maximum atomic E-state index is 12.5. The van der Waals surface area contributed by atoms with Crippen molar-refractivity contribution in [3.63, 3.8) is 0 Å².